The normalized spacial score (nSPS) is 15.1. The number of halogens is 3. The molecule has 0 saturated heterocycles. The van der Waals surface area contributed by atoms with E-state index in [0.717, 1.165) is 25.1 Å². The third kappa shape index (κ3) is 3.91. The van der Waals surface area contributed by atoms with Crippen molar-refractivity contribution in [3.8, 4) is 0 Å². The minimum atomic E-state index is -4.95. The Hall–Kier alpha value is -3.25. The van der Waals surface area contributed by atoms with Crippen molar-refractivity contribution in [1.29, 1.82) is 0 Å². The SMILES string of the molecule is CC(NS(=O)(=O)c1ccccc1C(F)(F)F)C(=O)ON1C(=O)c2ccccc2C1=O. The molecule has 0 radical (unpaired) electrons. The van der Waals surface area contributed by atoms with Crippen molar-refractivity contribution in [2.45, 2.75) is 24.0 Å². The third-order valence-electron chi connectivity index (χ3n) is 4.11. The number of carbonyl (C=O) groups is 3. The monoisotopic (exact) mass is 442 g/mol. The average Bonchev–Trinajstić information content (AvgIpc) is 2.92. The summed E-state index contributed by atoms with van der Waals surface area (Å²) in [7, 11) is -4.79. The smallest absolute Gasteiger partial charge is 0.328 e. The van der Waals surface area contributed by atoms with E-state index >= 15 is 0 Å². The summed E-state index contributed by atoms with van der Waals surface area (Å²) in [6.07, 6.45) is -4.95. The van der Waals surface area contributed by atoms with Gasteiger partial charge in [0.15, 0.2) is 0 Å². The minimum Gasteiger partial charge on any atom is -0.328 e. The van der Waals surface area contributed by atoms with E-state index in [9.17, 15) is 36.0 Å². The van der Waals surface area contributed by atoms with Crippen LogP contribution in [0, 0.1) is 0 Å². The molecule has 0 aliphatic carbocycles. The quantitative estimate of drug-likeness (QED) is 0.711. The van der Waals surface area contributed by atoms with Gasteiger partial charge in [0.1, 0.15) is 6.04 Å². The summed E-state index contributed by atoms with van der Waals surface area (Å²) in [6, 6.07) is 7.36. The molecule has 3 rings (SSSR count). The number of carbonyl (C=O) groups excluding carboxylic acids is 3. The first-order valence-corrected chi connectivity index (χ1v) is 9.80. The van der Waals surface area contributed by atoms with Crippen LogP contribution in [0.4, 0.5) is 13.2 Å². The van der Waals surface area contributed by atoms with E-state index in [4.69, 9.17) is 4.84 Å². The highest BCUT2D eigenvalue weighted by Crippen LogP contribution is 2.34. The number of rotatable bonds is 5. The van der Waals surface area contributed by atoms with Crippen LogP contribution >= 0.6 is 0 Å². The molecule has 2 aromatic carbocycles. The molecule has 1 unspecified atom stereocenters. The Kier molecular flexibility index (Phi) is 5.39. The van der Waals surface area contributed by atoms with Crippen LogP contribution < -0.4 is 4.72 Å². The van der Waals surface area contributed by atoms with E-state index in [1.54, 1.807) is 4.72 Å². The largest absolute Gasteiger partial charge is 0.417 e. The van der Waals surface area contributed by atoms with Crippen LogP contribution in [0.5, 0.6) is 0 Å². The maximum atomic E-state index is 13.1. The molecule has 1 aliphatic rings. The van der Waals surface area contributed by atoms with Crippen molar-refractivity contribution in [2.75, 3.05) is 0 Å². The van der Waals surface area contributed by atoms with Gasteiger partial charge in [-0.1, -0.05) is 29.3 Å². The van der Waals surface area contributed by atoms with Crippen molar-refractivity contribution in [1.82, 2.24) is 9.79 Å². The molecule has 8 nitrogen and oxygen atoms in total. The standard InChI is InChI=1S/C18H13F3N2O6S/c1-10(22-30(27,28)14-9-5-4-8-13(14)18(19,20)21)17(26)29-23-15(24)11-6-2-3-7-12(11)16(23)25/h2-10,22H,1H3. The molecule has 0 saturated carbocycles. The van der Waals surface area contributed by atoms with E-state index in [0.29, 0.717) is 6.07 Å². The van der Waals surface area contributed by atoms with Crippen LogP contribution in [0.25, 0.3) is 0 Å². The van der Waals surface area contributed by atoms with Crippen molar-refractivity contribution in [3.63, 3.8) is 0 Å². The molecule has 12 heteroatoms. The fourth-order valence-corrected chi connectivity index (χ4v) is 4.12. The molecular formula is C18H13F3N2O6S. The summed E-state index contributed by atoms with van der Waals surface area (Å²) < 4.78 is 65.8. The Labute approximate surface area is 168 Å². The maximum Gasteiger partial charge on any atom is 0.417 e. The highest BCUT2D eigenvalue weighted by molar-refractivity contribution is 7.89. The van der Waals surface area contributed by atoms with E-state index in [1.165, 1.54) is 24.3 Å². The molecule has 2 aromatic rings. The second-order valence-electron chi connectivity index (χ2n) is 6.20. The molecule has 0 aromatic heterocycles. The van der Waals surface area contributed by atoms with Gasteiger partial charge in [0.05, 0.1) is 21.6 Å². The van der Waals surface area contributed by atoms with Gasteiger partial charge >= 0.3 is 12.1 Å². The number of nitrogens with one attached hydrogen (secondary N) is 1. The number of alkyl halides is 3. The fraction of sp³-hybridized carbons (Fsp3) is 0.167. The topological polar surface area (TPSA) is 110 Å². The number of benzene rings is 2. The molecule has 0 spiro atoms. The van der Waals surface area contributed by atoms with E-state index < -0.39 is 50.5 Å². The van der Waals surface area contributed by atoms with Gasteiger partial charge in [0.25, 0.3) is 11.8 Å². The highest BCUT2D eigenvalue weighted by atomic mass is 32.2. The lowest BCUT2D eigenvalue weighted by Gasteiger charge is -2.18. The first-order chi connectivity index (χ1) is 13.9. The summed E-state index contributed by atoms with van der Waals surface area (Å²) >= 11 is 0. The van der Waals surface area contributed by atoms with Gasteiger partial charge in [-0.3, -0.25) is 9.59 Å². The number of hydrogen-bond donors (Lipinski definition) is 1. The van der Waals surface area contributed by atoms with Crippen LogP contribution in [-0.2, 0) is 25.8 Å². The number of imide groups is 1. The molecule has 1 atom stereocenters. The summed E-state index contributed by atoms with van der Waals surface area (Å²) in [4.78, 5) is 40.2. The van der Waals surface area contributed by atoms with Gasteiger partial charge in [-0.15, -0.1) is 0 Å². The summed E-state index contributed by atoms with van der Waals surface area (Å²) in [5.41, 5.74) is -1.44. The Bertz CT molecular complexity index is 1110. The zero-order valence-electron chi connectivity index (χ0n) is 15.1. The van der Waals surface area contributed by atoms with Gasteiger partial charge in [0, 0.05) is 0 Å². The first kappa shape index (κ1) is 21.5. The predicted molar refractivity (Wildman–Crippen MR) is 94.3 cm³/mol. The van der Waals surface area contributed by atoms with Crippen LogP contribution in [0.3, 0.4) is 0 Å². The number of hydrogen-bond acceptors (Lipinski definition) is 6. The van der Waals surface area contributed by atoms with Crippen molar-refractivity contribution >= 4 is 27.8 Å². The van der Waals surface area contributed by atoms with E-state index in [1.807, 2.05) is 0 Å². The maximum absolute atomic E-state index is 13.1. The number of fused-ring (bicyclic) bond motifs is 1. The van der Waals surface area contributed by atoms with E-state index in [-0.39, 0.29) is 16.2 Å². The number of nitrogens with zero attached hydrogens (tertiary/aromatic N) is 1. The van der Waals surface area contributed by atoms with Crippen LogP contribution in [0.2, 0.25) is 0 Å². The van der Waals surface area contributed by atoms with Crippen molar-refractivity contribution < 1.29 is 40.8 Å². The minimum absolute atomic E-state index is 0.0114. The van der Waals surface area contributed by atoms with Crippen molar-refractivity contribution in [2.24, 2.45) is 0 Å². The Morgan fingerprint density at radius 3 is 2.03 bits per heavy atom. The third-order valence-corrected chi connectivity index (χ3v) is 5.70. The lowest BCUT2D eigenvalue weighted by atomic mass is 10.1. The average molecular weight is 442 g/mol. The lowest BCUT2D eigenvalue weighted by Crippen LogP contribution is -2.44. The molecular weight excluding hydrogens is 429 g/mol. The first-order valence-electron chi connectivity index (χ1n) is 8.31. The Balaban J connectivity index is 1.77. The van der Waals surface area contributed by atoms with Crippen molar-refractivity contribution in [3.05, 3.63) is 65.2 Å². The molecule has 158 valence electrons. The second-order valence-corrected chi connectivity index (χ2v) is 7.88. The van der Waals surface area contributed by atoms with Gasteiger partial charge in [0.2, 0.25) is 10.0 Å². The van der Waals surface area contributed by atoms with Gasteiger partial charge in [-0.2, -0.15) is 17.9 Å². The number of hydroxylamine groups is 2. The van der Waals surface area contributed by atoms with Crippen LogP contribution in [0.1, 0.15) is 33.2 Å². The molecule has 0 fully saturated rings. The number of sulfonamides is 1. The fourth-order valence-electron chi connectivity index (χ4n) is 2.70. The molecule has 30 heavy (non-hydrogen) atoms. The molecule has 1 N–H and O–H groups in total. The lowest BCUT2D eigenvalue weighted by molar-refractivity contribution is -0.170. The molecule has 2 amide bonds. The van der Waals surface area contributed by atoms with Gasteiger partial charge in [-0.05, 0) is 31.2 Å². The summed E-state index contributed by atoms with van der Waals surface area (Å²) in [5, 5.41) is 0.168. The Morgan fingerprint density at radius 1 is 1.00 bits per heavy atom. The van der Waals surface area contributed by atoms with E-state index in [2.05, 4.69) is 0 Å². The zero-order chi connectivity index (χ0) is 22.3. The van der Waals surface area contributed by atoms with Gasteiger partial charge in [-0.25, -0.2) is 13.2 Å². The number of amides is 2. The predicted octanol–water partition coefficient (Wildman–Crippen LogP) is 2.13. The molecule has 1 heterocycles. The van der Waals surface area contributed by atoms with Crippen LogP contribution in [-0.4, -0.2) is 37.3 Å². The Morgan fingerprint density at radius 2 is 1.50 bits per heavy atom. The second kappa shape index (κ2) is 7.54. The molecule has 1 aliphatic heterocycles. The zero-order valence-corrected chi connectivity index (χ0v) is 16.0. The molecule has 0 bridgehead atoms. The highest BCUT2D eigenvalue weighted by Gasteiger charge is 2.41. The van der Waals surface area contributed by atoms with Gasteiger partial charge < -0.3 is 4.84 Å². The summed E-state index contributed by atoms with van der Waals surface area (Å²) in [5.74, 6) is -3.22. The summed E-state index contributed by atoms with van der Waals surface area (Å²) in [6.45, 7) is 0.994. The van der Waals surface area contributed by atoms with Crippen LogP contribution in [0.15, 0.2) is 53.4 Å².